The fraction of sp³-hybridized carbons (Fsp3) is 0.375. The van der Waals surface area contributed by atoms with Crippen molar-refractivity contribution >= 4 is 23.2 Å². The Morgan fingerprint density at radius 2 is 2.00 bits per heavy atom. The van der Waals surface area contributed by atoms with Crippen LogP contribution in [0.15, 0.2) is 46.0 Å². The first-order chi connectivity index (χ1) is 11.1. The highest BCUT2D eigenvalue weighted by atomic mass is 16.3. The van der Waals surface area contributed by atoms with Crippen molar-refractivity contribution in [2.75, 3.05) is 11.1 Å². The SMILES string of the molecule is Nc1cccc(NC(=O)N=NC2=C(O)C3CCCCC3C2=O)c1. The van der Waals surface area contributed by atoms with Crippen molar-refractivity contribution < 1.29 is 14.7 Å². The summed E-state index contributed by atoms with van der Waals surface area (Å²) in [4.78, 5) is 24.0. The van der Waals surface area contributed by atoms with Crippen molar-refractivity contribution in [3.63, 3.8) is 0 Å². The number of carbonyl (C=O) groups is 2. The van der Waals surface area contributed by atoms with E-state index in [9.17, 15) is 14.7 Å². The summed E-state index contributed by atoms with van der Waals surface area (Å²) in [5.74, 6) is -0.621. The monoisotopic (exact) mass is 314 g/mol. The largest absolute Gasteiger partial charge is 0.510 e. The number of nitrogen functional groups attached to an aromatic ring is 1. The van der Waals surface area contributed by atoms with Crippen LogP contribution in [-0.4, -0.2) is 16.9 Å². The van der Waals surface area contributed by atoms with Crippen LogP contribution in [0.1, 0.15) is 25.7 Å². The molecule has 0 spiro atoms. The zero-order valence-electron chi connectivity index (χ0n) is 12.5. The normalized spacial score (nSPS) is 24.1. The lowest BCUT2D eigenvalue weighted by molar-refractivity contribution is -0.120. The van der Waals surface area contributed by atoms with Gasteiger partial charge in [0, 0.05) is 23.2 Å². The number of nitrogens with one attached hydrogen (secondary N) is 1. The number of hydrogen-bond acceptors (Lipinski definition) is 5. The van der Waals surface area contributed by atoms with Gasteiger partial charge in [0.15, 0.2) is 11.5 Å². The Morgan fingerprint density at radius 1 is 1.26 bits per heavy atom. The molecule has 7 heteroatoms. The lowest BCUT2D eigenvalue weighted by Gasteiger charge is -2.23. The van der Waals surface area contributed by atoms with Gasteiger partial charge in [-0.05, 0) is 31.0 Å². The molecule has 0 radical (unpaired) electrons. The van der Waals surface area contributed by atoms with E-state index >= 15 is 0 Å². The van der Waals surface area contributed by atoms with E-state index in [2.05, 4.69) is 15.5 Å². The molecule has 120 valence electrons. The molecule has 2 aliphatic carbocycles. The van der Waals surface area contributed by atoms with Crippen LogP contribution in [0.4, 0.5) is 16.2 Å². The van der Waals surface area contributed by atoms with Gasteiger partial charge in [-0.1, -0.05) is 24.0 Å². The van der Waals surface area contributed by atoms with Crippen LogP contribution < -0.4 is 11.1 Å². The van der Waals surface area contributed by atoms with E-state index < -0.39 is 6.03 Å². The number of azo groups is 1. The lowest BCUT2D eigenvalue weighted by Crippen LogP contribution is -2.21. The number of aliphatic hydroxyl groups is 1. The molecule has 0 bridgehead atoms. The highest BCUT2D eigenvalue weighted by Crippen LogP contribution is 2.42. The summed E-state index contributed by atoms with van der Waals surface area (Å²) >= 11 is 0. The number of benzene rings is 1. The molecule has 1 fully saturated rings. The molecule has 2 atom stereocenters. The number of amides is 2. The third-order valence-electron chi connectivity index (χ3n) is 4.31. The molecule has 1 saturated carbocycles. The molecule has 0 saturated heterocycles. The van der Waals surface area contributed by atoms with Gasteiger partial charge in [-0.3, -0.25) is 4.79 Å². The molecule has 1 aromatic carbocycles. The van der Waals surface area contributed by atoms with Crippen LogP contribution in [0, 0.1) is 11.8 Å². The molecule has 2 amide bonds. The van der Waals surface area contributed by atoms with Gasteiger partial charge in [-0.2, -0.15) is 0 Å². The van der Waals surface area contributed by atoms with E-state index in [0.717, 1.165) is 25.7 Å². The second-order valence-electron chi connectivity index (χ2n) is 5.85. The van der Waals surface area contributed by atoms with Gasteiger partial charge in [-0.25, -0.2) is 4.79 Å². The van der Waals surface area contributed by atoms with Gasteiger partial charge in [-0.15, -0.1) is 5.11 Å². The minimum Gasteiger partial charge on any atom is -0.510 e. The molecule has 2 unspecified atom stereocenters. The van der Waals surface area contributed by atoms with Crippen molar-refractivity contribution in [3.05, 3.63) is 35.7 Å². The van der Waals surface area contributed by atoms with Crippen molar-refractivity contribution in [1.82, 2.24) is 0 Å². The molecular weight excluding hydrogens is 296 g/mol. The number of anilines is 2. The van der Waals surface area contributed by atoms with Gasteiger partial charge in [0.05, 0.1) is 0 Å². The molecule has 2 aliphatic rings. The molecule has 1 aromatic rings. The van der Waals surface area contributed by atoms with Crippen LogP contribution in [0.3, 0.4) is 0 Å². The summed E-state index contributed by atoms with van der Waals surface area (Å²) in [5.41, 5.74) is 6.54. The Labute approximate surface area is 133 Å². The quantitative estimate of drug-likeness (QED) is 0.572. The van der Waals surface area contributed by atoms with Gasteiger partial charge in [0.2, 0.25) is 0 Å². The topological polar surface area (TPSA) is 117 Å². The number of carbonyl (C=O) groups excluding carboxylic acids is 2. The molecular formula is C16H18N4O3. The number of hydrogen-bond donors (Lipinski definition) is 3. The number of aliphatic hydroxyl groups excluding tert-OH is 1. The van der Waals surface area contributed by atoms with E-state index in [1.165, 1.54) is 0 Å². The Hall–Kier alpha value is -2.70. The average molecular weight is 314 g/mol. The highest BCUT2D eigenvalue weighted by molar-refractivity contribution is 6.00. The number of fused-ring (bicyclic) bond motifs is 1. The summed E-state index contributed by atoms with van der Waals surface area (Å²) in [6, 6.07) is 5.91. The van der Waals surface area contributed by atoms with E-state index in [0.29, 0.717) is 11.4 Å². The number of rotatable bonds is 2. The van der Waals surface area contributed by atoms with E-state index in [1.807, 2.05) is 0 Å². The summed E-state index contributed by atoms with van der Waals surface area (Å²) in [5, 5.41) is 19.8. The van der Waals surface area contributed by atoms with Crippen LogP contribution >= 0.6 is 0 Å². The number of urea groups is 1. The Kier molecular flexibility index (Phi) is 4.10. The summed E-state index contributed by atoms with van der Waals surface area (Å²) in [6.45, 7) is 0. The minimum absolute atomic E-state index is 0.0276. The predicted octanol–water partition coefficient (Wildman–Crippen LogP) is 3.41. The van der Waals surface area contributed by atoms with Gasteiger partial charge in [0.1, 0.15) is 5.76 Å². The third-order valence-corrected chi connectivity index (χ3v) is 4.31. The maximum Gasteiger partial charge on any atom is 0.364 e. The second kappa shape index (κ2) is 6.20. The van der Waals surface area contributed by atoms with Crippen LogP contribution in [0.5, 0.6) is 0 Å². The van der Waals surface area contributed by atoms with Gasteiger partial charge in [0.25, 0.3) is 0 Å². The Balaban J connectivity index is 1.70. The first-order valence-electron chi connectivity index (χ1n) is 7.62. The molecule has 4 N–H and O–H groups in total. The second-order valence-corrected chi connectivity index (χ2v) is 5.85. The minimum atomic E-state index is -0.724. The van der Waals surface area contributed by atoms with E-state index in [-0.39, 0.29) is 29.1 Å². The van der Waals surface area contributed by atoms with Crippen molar-refractivity contribution in [3.8, 4) is 0 Å². The third kappa shape index (κ3) is 3.08. The number of nitrogens with two attached hydrogens (primary N) is 1. The molecule has 0 aromatic heterocycles. The molecule has 3 rings (SSSR count). The van der Waals surface area contributed by atoms with Gasteiger partial charge < -0.3 is 16.2 Å². The van der Waals surface area contributed by atoms with Gasteiger partial charge >= 0.3 is 6.03 Å². The average Bonchev–Trinajstić information content (AvgIpc) is 2.77. The lowest BCUT2D eigenvalue weighted by atomic mass is 9.80. The zero-order valence-corrected chi connectivity index (χ0v) is 12.5. The van der Waals surface area contributed by atoms with Crippen molar-refractivity contribution in [2.45, 2.75) is 25.7 Å². The smallest absolute Gasteiger partial charge is 0.364 e. The van der Waals surface area contributed by atoms with Crippen LogP contribution in [0.2, 0.25) is 0 Å². The molecule has 0 heterocycles. The van der Waals surface area contributed by atoms with E-state index in [1.54, 1.807) is 24.3 Å². The van der Waals surface area contributed by atoms with E-state index in [4.69, 9.17) is 5.73 Å². The van der Waals surface area contributed by atoms with Crippen molar-refractivity contribution in [2.24, 2.45) is 22.1 Å². The number of nitrogens with zero attached hydrogens (tertiary/aromatic N) is 2. The number of ketones is 1. The maximum atomic E-state index is 12.2. The maximum absolute atomic E-state index is 12.2. The van der Waals surface area contributed by atoms with Crippen LogP contribution in [-0.2, 0) is 4.79 Å². The molecule has 23 heavy (non-hydrogen) atoms. The summed E-state index contributed by atoms with van der Waals surface area (Å²) < 4.78 is 0. The number of Topliss-reactive ketones (excluding diaryl/α,β-unsaturated/α-hetero) is 1. The zero-order chi connectivity index (χ0) is 16.4. The van der Waals surface area contributed by atoms with Crippen LogP contribution in [0.25, 0.3) is 0 Å². The highest BCUT2D eigenvalue weighted by Gasteiger charge is 2.43. The molecule has 7 nitrogen and oxygen atoms in total. The standard InChI is InChI=1S/C16H18N4O3/c17-9-4-3-5-10(8-9)18-16(23)20-19-13-14(21)11-6-1-2-7-12(11)15(13)22/h3-5,8,11-12,21H,1-2,6-7,17H2,(H,18,23). The predicted molar refractivity (Wildman–Crippen MR) is 84.8 cm³/mol. The Bertz CT molecular complexity index is 711. The summed E-state index contributed by atoms with van der Waals surface area (Å²) in [7, 11) is 0. The fourth-order valence-corrected chi connectivity index (χ4v) is 3.21. The fourth-order valence-electron chi connectivity index (χ4n) is 3.21. The first-order valence-corrected chi connectivity index (χ1v) is 7.62. The molecule has 0 aliphatic heterocycles. The van der Waals surface area contributed by atoms with Crippen molar-refractivity contribution in [1.29, 1.82) is 0 Å². The summed E-state index contributed by atoms with van der Waals surface area (Å²) in [6.07, 6.45) is 3.48. The Morgan fingerprint density at radius 3 is 2.70 bits per heavy atom. The number of allylic oxidation sites excluding steroid dienone is 2. The first kappa shape index (κ1) is 15.2.